The third-order valence-corrected chi connectivity index (χ3v) is 5.49. The largest absolute Gasteiger partial charge is 0.471 e. The Bertz CT molecular complexity index is 976. The molecule has 1 fully saturated rings. The molecule has 1 saturated heterocycles. The van der Waals surface area contributed by atoms with Crippen LogP contribution in [0.2, 0.25) is 5.02 Å². The molecule has 4 nitrogen and oxygen atoms in total. The van der Waals surface area contributed by atoms with E-state index in [0.29, 0.717) is 10.9 Å². The Hall–Kier alpha value is -2.56. The summed E-state index contributed by atoms with van der Waals surface area (Å²) in [6, 6.07) is 18.2. The van der Waals surface area contributed by atoms with E-state index in [4.69, 9.17) is 16.3 Å². The van der Waals surface area contributed by atoms with Gasteiger partial charge in [-0.15, -0.1) is 0 Å². The van der Waals surface area contributed by atoms with Gasteiger partial charge in [0.15, 0.2) is 0 Å². The summed E-state index contributed by atoms with van der Waals surface area (Å²) >= 11 is 6.17. The number of hydrogen-bond donors (Lipinski definition) is 1. The third-order valence-electron chi connectivity index (χ3n) is 5.20. The smallest absolute Gasteiger partial charge is 0.232 e. The molecule has 3 aromatic rings. The van der Waals surface area contributed by atoms with Crippen molar-refractivity contribution < 1.29 is 9.84 Å². The number of rotatable bonds is 5. The van der Waals surface area contributed by atoms with E-state index in [2.05, 4.69) is 47.1 Å². The van der Waals surface area contributed by atoms with Gasteiger partial charge in [-0.25, -0.2) is 4.98 Å². The molecule has 1 N–H and O–H groups in total. The minimum absolute atomic E-state index is 0.0114. The fourth-order valence-corrected chi connectivity index (χ4v) is 3.88. The lowest BCUT2D eigenvalue weighted by atomic mass is 9.98. The second-order valence-electron chi connectivity index (χ2n) is 7.08. The monoisotopic (exact) mass is 394 g/mol. The van der Waals surface area contributed by atoms with Gasteiger partial charge in [0, 0.05) is 30.4 Å². The molecule has 0 bridgehead atoms. The maximum atomic E-state index is 9.85. The number of pyridine rings is 1. The number of aromatic nitrogens is 1. The Morgan fingerprint density at radius 3 is 2.82 bits per heavy atom. The van der Waals surface area contributed by atoms with E-state index in [1.807, 2.05) is 12.1 Å². The van der Waals surface area contributed by atoms with Crippen LogP contribution in [0.3, 0.4) is 0 Å². The Morgan fingerprint density at radius 1 is 1.18 bits per heavy atom. The number of anilines is 1. The van der Waals surface area contributed by atoms with Crippen molar-refractivity contribution in [2.75, 3.05) is 18.0 Å². The minimum atomic E-state index is 0.0114. The Labute approximate surface area is 170 Å². The summed E-state index contributed by atoms with van der Waals surface area (Å²) in [4.78, 5) is 6.50. The third kappa shape index (κ3) is 3.84. The maximum Gasteiger partial charge on any atom is 0.232 e. The average molecular weight is 395 g/mol. The van der Waals surface area contributed by atoms with Crippen molar-refractivity contribution >= 4 is 17.3 Å². The van der Waals surface area contributed by atoms with E-state index < -0.39 is 0 Å². The lowest BCUT2D eigenvalue weighted by Gasteiger charge is -2.23. The SMILES string of the molecule is Cc1ccccc1-c1ccc(CO)c(N2CCC(Oc3ncccc3Cl)C2)c1. The van der Waals surface area contributed by atoms with Gasteiger partial charge in [0.25, 0.3) is 0 Å². The van der Waals surface area contributed by atoms with Crippen LogP contribution in [0.15, 0.2) is 60.8 Å². The van der Waals surface area contributed by atoms with E-state index in [1.165, 1.54) is 11.1 Å². The molecule has 0 aliphatic carbocycles. The van der Waals surface area contributed by atoms with Gasteiger partial charge in [0.1, 0.15) is 11.1 Å². The van der Waals surface area contributed by atoms with Gasteiger partial charge in [-0.05, 0) is 41.8 Å². The molecule has 4 rings (SSSR count). The molecular weight excluding hydrogens is 372 g/mol. The summed E-state index contributed by atoms with van der Waals surface area (Å²) in [5, 5.41) is 10.4. The fraction of sp³-hybridized carbons (Fsp3) is 0.261. The topological polar surface area (TPSA) is 45.6 Å². The molecule has 2 aromatic carbocycles. The first-order valence-electron chi connectivity index (χ1n) is 9.47. The Kier molecular flexibility index (Phi) is 5.51. The average Bonchev–Trinajstić information content (AvgIpc) is 3.18. The normalized spacial score (nSPS) is 16.4. The van der Waals surface area contributed by atoms with Gasteiger partial charge >= 0.3 is 0 Å². The van der Waals surface area contributed by atoms with Crippen LogP contribution >= 0.6 is 11.6 Å². The second-order valence-corrected chi connectivity index (χ2v) is 7.49. The van der Waals surface area contributed by atoms with Crippen molar-refractivity contribution in [3.63, 3.8) is 0 Å². The summed E-state index contributed by atoms with van der Waals surface area (Å²) in [6.45, 7) is 3.72. The van der Waals surface area contributed by atoms with Gasteiger partial charge in [-0.2, -0.15) is 0 Å². The van der Waals surface area contributed by atoms with E-state index in [1.54, 1.807) is 18.3 Å². The number of nitrogens with zero attached hydrogens (tertiary/aromatic N) is 2. The van der Waals surface area contributed by atoms with Crippen molar-refractivity contribution in [3.05, 3.63) is 76.9 Å². The molecule has 1 aliphatic rings. The predicted octanol–water partition coefficient (Wildman–Crippen LogP) is 4.86. The highest BCUT2D eigenvalue weighted by Gasteiger charge is 2.27. The number of hydrogen-bond acceptors (Lipinski definition) is 4. The molecule has 1 aliphatic heterocycles. The van der Waals surface area contributed by atoms with E-state index in [0.717, 1.165) is 36.3 Å². The number of benzene rings is 2. The maximum absolute atomic E-state index is 9.85. The Morgan fingerprint density at radius 2 is 2.04 bits per heavy atom. The van der Waals surface area contributed by atoms with E-state index >= 15 is 0 Å². The highest BCUT2D eigenvalue weighted by molar-refractivity contribution is 6.31. The zero-order chi connectivity index (χ0) is 19.5. The number of aryl methyl sites for hydroxylation is 1. The number of halogens is 1. The Balaban J connectivity index is 1.58. The molecule has 1 unspecified atom stereocenters. The van der Waals surface area contributed by atoms with E-state index in [-0.39, 0.29) is 12.7 Å². The molecule has 0 amide bonds. The van der Waals surface area contributed by atoms with Gasteiger partial charge in [-0.1, -0.05) is 48.0 Å². The first kappa shape index (κ1) is 18.8. The lowest BCUT2D eigenvalue weighted by Crippen LogP contribution is -2.25. The molecule has 5 heteroatoms. The van der Waals surface area contributed by atoms with Gasteiger partial charge in [0.2, 0.25) is 5.88 Å². The van der Waals surface area contributed by atoms with Gasteiger partial charge < -0.3 is 14.7 Å². The second kappa shape index (κ2) is 8.21. The summed E-state index contributed by atoms with van der Waals surface area (Å²) < 4.78 is 6.02. The molecule has 2 heterocycles. The van der Waals surface area contributed by atoms with Crippen molar-refractivity contribution in [1.29, 1.82) is 0 Å². The summed E-state index contributed by atoms with van der Waals surface area (Å²) in [5.41, 5.74) is 5.58. The van der Waals surface area contributed by atoms with Crippen LogP contribution < -0.4 is 9.64 Å². The first-order chi connectivity index (χ1) is 13.7. The molecular formula is C23H23ClN2O2. The summed E-state index contributed by atoms with van der Waals surface area (Å²) in [6.07, 6.45) is 2.58. The van der Waals surface area contributed by atoms with Crippen molar-refractivity contribution in [3.8, 4) is 17.0 Å². The quantitative estimate of drug-likeness (QED) is 0.671. The fourth-order valence-electron chi connectivity index (χ4n) is 3.72. The summed E-state index contributed by atoms with van der Waals surface area (Å²) in [7, 11) is 0. The van der Waals surface area contributed by atoms with Crippen LogP contribution in [0, 0.1) is 6.92 Å². The van der Waals surface area contributed by atoms with Crippen LogP contribution in [0.25, 0.3) is 11.1 Å². The predicted molar refractivity (Wildman–Crippen MR) is 113 cm³/mol. The van der Waals surface area contributed by atoms with Crippen LogP contribution in [0.5, 0.6) is 5.88 Å². The van der Waals surface area contributed by atoms with Crippen molar-refractivity contribution in [2.45, 2.75) is 26.1 Å². The number of aliphatic hydroxyl groups is 1. The molecule has 0 saturated carbocycles. The molecule has 0 radical (unpaired) electrons. The summed E-state index contributed by atoms with van der Waals surface area (Å²) in [5.74, 6) is 0.479. The zero-order valence-electron chi connectivity index (χ0n) is 15.8. The lowest BCUT2D eigenvalue weighted by molar-refractivity contribution is 0.216. The molecule has 28 heavy (non-hydrogen) atoms. The van der Waals surface area contributed by atoms with Crippen LogP contribution in [0.1, 0.15) is 17.5 Å². The molecule has 144 valence electrons. The van der Waals surface area contributed by atoms with Crippen LogP contribution in [0.4, 0.5) is 5.69 Å². The first-order valence-corrected chi connectivity index (χ1v) is 9.85. The van der Waals surface area contributed by atoms with Crippen LogP contribution in [-0.2, 0) is 6.61 Å². The zero-order valence-corrected chi connectivity index (χ0v) is 16.6. The number of aliphatic hydroxyl groups excluding tert-OH is 1. The number of ether oxygens (including phenoxy) is 1. The molecule has 0 spiro atoms. The van der Waals surface area contributed by atoms with Crippen LogP contribution in [-0.4, -0.2) is 29.3 Å². The minimum Gasteiger partial charge on any atom is -0.471 e. The van der Waals surface area contributed by atoms with Crippen molar-refractivity contribution in [2.24, 2.45) is 0 Å². The van der Waals surface area contributed by atoms with E-state index in [9.17, 15) is 5.11 Å². The van der Waals surface area contributed by atoms with Gasteiger partial charge in [0.05, 0.1) is 13.2 Å². The highest BCUT2D eigenvalue weighted by Crippen LogP contribution is 2.33. The highest BCUT2D eigenvalue weighted by atomic mass is 35.5. The molecule has 1 aromatic heterocycles. The van der Waals surface area contributed by atoms with Crippen molar-refractivity contribution in [1.82, 2.24) is 4.98 Å². The van der Waals surface area contributed by atoms with Gasteiger partial charge in [-0.3, -0.25) is 0 Å². The molecule has 1 atom stereocenters. The standard InChI is InChI=1S/C23H23ClN2O2/c1-16-5-2-3-6-20(16)17-8-9-18(15-27)22(13-17)26-12-10-19(14-26)28-23-21(24)7-4-11-25-23/h2-9,11,13,19,27H,10,12,14-15H2,1H3.